The Bertz CT molecular complexity index is 836. The van der Waals surface area contributed by atoms with Crippen molar-refractivity contribution in [2.45, 2.75) is 6.92 Å². The van der Waals surface area contributed by atoms with Gasteiger partial charge in [-0.1, -0.05) is 30.3 Å². The fourth-order valence-electron chi connectivity index (χ4n) is 2.18. The number of hydrogen-bond acceptors (Lipinski definition) is 4. The zero-order valence-electron chi connectivity index (χ0n) is 12.4. The highest BCUT2D eigenvalue weighted by Gasteiger charge is 2.18. The molecule has 2 aromatic carbocycles. The van der Waals surface area contributed by atoms with E-state index >= 15 is 0 Å². The summed E-state index contributed by atoms with van der Waals surface area (Å²) < 4.78 is 5.34. The lowest BCUT2D eigenvalue weighted by Gasteiger charge is -2.05. The summed E-state index contributed by atoms with van der Waals surface area (Å²) in [6.07, 6.45) is 1.25. The van der Waals surface area contributed by atoms with Crippen molar-refractivity contribution in [3.63, 3.8) is 0 Å². The number of carbonyl (C=O) groups excluding carboxylic acids is 2. The summed E-state index contributed by atoms with van der Waals surface area (Å²) in [6.45, 7) is 1.50. The van der Waals surface area contributed by atoms with E-state index in [1.807, 2.05) is 30.3 Å². The van der Waals surface area contributed by atoms with Crippen molar-refractivity contribution in [1.82, 2.24) is 4.98 Å². The molecule has 0 aliphatic carbocycles. The van der Waals surface area contributed by atoms with Gasteiger partial charge in [0.2, 0.25) is 0 Å². The quantitative estimate of drug-likeness (QED) is 0.744. The second-order valence-electron chi connectivity index (χ2n) is 4.98. The molecule has 0 bridgehead atoms. The predicted molar refractivity (Wildman–Crippen MR) is 86.3 cm³/mol. The standard InChI is InChI=1S/C18H14N2O3/c1-12(21)13-7-9-15(10-8-13)20-18(22)16-17(23-11-19-16)14-5-3-2-4-6-14/h2-11H,1H3,(H,20,22). The number of amides is 1. The molecule has 5 heteroatoms. The first kappa shape index (κ1) is 14.7. The molecule has 1 aromatic heterocycles. The number of ketones is 1. The number of hydrogen-bond donors (Lipinski definition) is 1. The molecule has 0 aliphatic rings. The van der Waals surface area contributed by atoms with Gasteiger partial charge in [0.05, 0.1) is 0 Å². The summed E-state index contributed by atoms with van der Waals surface area (Å²) >= 11 is 0. The molecule has 3 rings (SSSR count). The summed E-state index contributed by atoms with van der Waals surface area (Å²) in [4.78, 5) is 27.6. The number of aromatic nitrogens is 1. The van der Waals surface area contributed by atoms with Crippen molar-refractivity contribution < 1.29 is 14.0 Å². The number of anilines is 1. The van der Waals surface area contributed by atoms with Crippen LogP contribution in [0.4, 0.5) is 5.69 Å². The van der Waals surface area contributed by atoms with Crippen LogP contribution in [-0.4, -0.2) is 16.7 Å². The third kappa shape index (κ3) is 3.18. The fraction of sp³-hybridized carbons (Fsp3) is 0.0556. The van der Waals surface area contributed by atoms with Crippen LogP contribution in [0.25, 0.3) is 11.3 Å². The van der Waals surface area contributed by atoms with Gasteiger partial charge in [0.15, 0.2) is 23.6 Å². The van der Waals surface area contributed by atoms with Gasteiger partial charge < -0.3 is 9.73 Å². The zero-order chi connectivity index (χ0) is 16.2. The van der Waals surface area contributed by atoms with E-state index in [1.165, 1.54) is 13.3 Å². The zero-order valence-corrected chi connectivity index (χ0v) is 12.4. The molecule has 0 radical (unpaired) electrons. The molecule has 0 spiro atoms. The first-order chi connectivity index (χ1) is 11.1. The normalized spacial score (nSPS) is 10.3. The Morgan fingerprint density at radius 1 is 1.00 bits per heavy atom. The Morgan fingerprint density at radius 2 is 1.70 bits per heavy atom. The van der Waals surface area contributed by atoms with Gasteiger partial charge in [-0.3, -0.25) is 9.59 Å². The molecule has 0 atom stereocenters. The van der Waals surface area contributed by atoms with E-state index in [0.29, 0.717) is 17.0 Å². The van der Waals surface area contributed by atoms with Crippen LogP contribution in [0.15, 0.2) is 65.4 Å². The maximum Gasteiger partial charge on any atom is 0.278 e. The van der Waals surface area contributed by atoms with E-state index in [-0.39, 0.29) is 17.4 Å². The molecule has 0 saturated carbocycles. The molecule has 114 valence electrons. The van der Waals surface area contributed by atoms with Gasteiger partial charge in [0.1, 0.15) is 0 Å². The summed E-state index contributed by atoms with van der Waals surface area (Å²) in [5, 5.41) is 2.75. The highest BCUT2D eigenvalue weighted by atomic mass is 16.3. The number of Topliss-reactive ketones (excluding diaryl/α,β-unsaturated/α-hetero) is 1. The molecule has 3 aromatic rings. The molecule has 0 unspecified atom stereocenters. The predicted octanol–water partition coefficient (Wildman–Crippen LogP) is 3.80. The minimum absolute atomic E-state index is 0.0225. The molecule has 23 heavy (non-hydrogen) atoms. The molecule has 1 amide bonds. The lowest BCUT2D eigenvalue weighted by atomic mass is 10.1. The Morgan fingerprint density at radius 3 is 2.35 bits per heavy atom. The van der Waals surface area contributed by atoms with E-state index in [9.17, 15) is 9.59 Å². The largest absolute Gasteiger partial charge is 0.443 e. The summed E-state index contributed by atoms with van der Waals surface area (Å²) in [6, 6.07) is 16.0. The van der Waals surface area contributed by atoms with Crippen LogP contribution in [0.5, 0.6) is 0 Å². The van der Waals surface area contributed by atoms with E-state index in [1.54, 1.807) is 24.3 Å². The summed E-state index contributed by atoms with van der Waals surface area (Å²) in [5.74, 6) is 0.0300. The third-order valence-electron chi connectivity index (χ3n) is 3.37. The fourth-order valence-corrected chi connectivity index (χ4v) is 2.18. The summed E-state index contributed by atoms with van der Waals surface area (Å²) in [7, 11) is 0. The van der Waals surface area contributed by atoms with Crippen LogP contribution in [0.3, 0.4) is 0 Å². The van der Waals surface area contributed by atoms with Crippen LogP contribution < -0.4 is 5.32 Å². The van der Waals surface area contributed by atoms with E-state index in [2.05, 4.69) is 10.3 Å². The molecule has 1 N–H and O–H groups in total. The summed E-state index contributed by atoms with van der Waals surface area (Å²) in [5.41, 5.74) is 2.17. The van der Waals surface area contributed by atoms with E-state index < -0.39 is 0 Å². The second-order valence-corrected chi connectivity index (χ2v) is 4.98. The maximum atomic E-state index is 12.4. The Labute approximate surface area is 133 Å². The van der Waals surface area contributed by atoms with Crippen molar-refractivity contribution in [3.8, 4) is 11.3 Å². The van der Waals surface area contributed by atoms with Gasteiger partial charge in [-0.15, -0.1) is 0 Å². The number of carbonyl (C=O) groups is 2. The molecule has 1 heterocycles. The molecular weight excluding hydrogens is 292 g/mol. The number of oxazole rings is 1. The van der Waals surface area contributed by atoms with Crippen molar-refractivity contribution in [3.05, 3.63) is 72.2 Å². The Kier molecular flexibility index (Phi) is 4.01. The molecular formula is C18H14N2O3. The van der Waals surface area contributed by atoms with Crippen LogP contribution in [-0.2, 0) is 0 Å². The topological polar surface area (TPSA) is 72.2 Å². The van der Waals surface area contributed by atoms with Gasteiger partial charge >= 0.3 is 0 Å². The molecule has 0 aliphatic heterocycles. The Hall–Kier alpha value is -3.21. The minimum atomic E-state index is -0.367. The van der Waals surface area contributed by atoms with Gasteiger partial charge in [0.25, 0.3) is 5.91 Å². The van der Waals surface area contributed by atoms with Crippen LogP contribution in [0.2, 0.25) is 0 Å². The SMILES string of the molecule is CC(=O)c1ccc(NC(=O)c2ncoc2-c2ccccc2)cc1. The first-order valence-corrected chi connectivity index (χ1v) is 7.06. The van der Waals surface area contributed by atoms with Crippen molar-refractivity contribution in [1.29, 1.82) is 0 Å². The number of rotatable bonds is 4. The molecule has 0 fully saturated rings. The molecule has 5 nitrogen and oxygen atoms in total. The smallest absolute Gasteiger partial charge is 0.278 e. The number of benzene rings is 2. The average molecular weight is 306 g/mol. The van der Waals surface area contributed by atoms with E-state index in [4.69, 9.17) is 4.42 Å². The maximum absolute atomic E-state index is 12.4. The van der Waals surface area contributed by atoms with Crippen LogP contribution >= 0.6 is 0 Å². The van der Waals surface area contributed by atoms with E-state index in [0.717, 1.165) is 5.56 Å². The van der Waals surface area contributed by atoms with Gasteiger partial charge in [-0.05, 0) is 31.2 Å². The lowest BCUT2D eigenvalue weighted by Crippen LogP contribution is -2.13. The van der Waals surface area contributed by atoms with Crippen LogP contribution in [0, 0.1) is 0 Å². The van der Waals surface area contributed by atoms with Crippen LogP contribution in [0.1, 0.15) is 27.8 Å². The highest BCUT2D eigenvalue weighted by molar-refractivity contribution is 6.06. The average Bonchev–Trinajstić information content (AvgIpc) is 3.06. The Balaban J connectivity index is 1.82. The first-order valence-electron chi connectivity index (χ1n) is 7.06. The van der Waals surface area contributed by atoms with Gasteiger partial charge in [0, 0.05) is 16.8 Å². The van der Waals surface area contributed by atoms with Crippen molar-refractivity contribution in [2.75, 3.05) is 5.32 Å². The lowest BCUT2D eigenvalue weighted by molar-refractivity contribution is 0.101. The third-order valence-corrected chi connectivity index (χ3v) is 3.37. The van der Waals surface area contributed by atoms with Gasteiger partial charge in [-0.25, -0.2) is 4.98 Å². The number of nitrogens with one attached hydrogen (secondary N) is 1. The monoisotopic (exact) mass is 306 g/mol. The minimum Gasteiger partial charge on any atom is -0.443 e. The number of nitrogens with zero attached hydrogens (tertiary/aromatic N) is 1. The second kappa shape index (κ2) is 6.27. The van der Waals surface area contributed by atoms with Crippen molar-refractivity contribution >= 4 is 17.4 Å². The highest BCUT2D eigenvalue weighted by Crippen LogP contribution is 2.23. The molecule has 0 saturated heterocycles. The van der Waals surface area contributed by atoms with Gasteiger partial charge in [-0.2, -0.15) is 0 Å². The van der Waals surface area contributed by atoms with Crippen molar-refractivity contribution in [2.24, 2.45) is 0 Å².